The van der Waals surface area contributed by atoms with Crippen LogP contribution in [0.25, 0.3) is 0 Å². The standard InChI is InChI=1S/C7H13IO3/c8-3-5-1-2-7(11-5)6(10)4-9/h5-7,9-10H,1-4H2/t5-,6+,7-/m0/s1. The van der Waals surface area contributed by atoms with Crippen molar-refractivity contribution in [2.24, 2.45) is 0 Å². The number of halogens is 1. The SMILES string of the molecule is OC[C@@H](O)[C@@H]1CC[C@@H](CI)O1. The van der Waals surface area contributed by atoms with Crippen molar-refractivity contribution >= 4 is 22.6 Å². The highest BCUT2D eigenvalue weighted by Gasteiger charge is 2.29. The highest BCUT2D eigenvalue weighted by Crippen LogP contribution is 2.23. The van der Waals surface area contributed by atoms with Gasteiger partial charge in [-0.15, -0.1) is 0 Å². The summed E-state index contributed by atoms with van der Waals surface area (Å²) in [6.45, 7) is -0.196. The molecule has 1 fully saturated rings. The summed E-state index contributed by atoms with van der Waals surface area (Å²) in [7, 11) is 0. The molecule has 1 aliphatic heterocycles. The van der Waals surface area contributed by atoms with Gasteiger partial charge in [-0.3, -0.25) is 0 Å². The van der Waals surface area contributed by atoms with E-state index >= 15 is 0 Å². The summed E-state index contributed by atoms with van der Waals surface area (Å²) >= 11 is 2.27. The maximum atomic E-state index is 9.19. The zero-order valence-corrected chi connectivity index (χ0v) is 8.40. The monoisotopic (exact) mass is 272 g/mol. The molecule has 0 aromatic carbocycles. The Kier molecular flexibility index (Phi) is 4.05. The van der Waals surface area contributed by atoms with Gasteiger partial charge in [0.25, 0.3) is 0 Å². The van der Waals surface area contributed by atoms with Gasteiger partial charge >= 0.3 is 0 Å². The molecule has 0 aromatic heterocycles. The Labute approximate surface area is 79.9 Å². The fourth-order valence-electron chi connectivity index (χ4n) is 1.25. The molecule has 1 saturated heterocycles. The van der Waals surface area contributed by atoms with Crippen molar-refractivity contribution in [3.8, 4) is 0 Å². The van der Waals surface area contributed by atoms with Gasteiger partial charge in [-0.2, -0.15) is 0 Å². The van der Waals surface area contributed by atoms with Crippen LogP contribution in [0.4, 0.5) is 0 Å². The lowest BCUT2D eigenvalue weighted by molar-refractivity contribution is -0.0473. The second kappa shape index (κ2) is 4.59. The van der Waals surface area contributed by atoms with Crippen molar-refractivity contribution in [2.75, 3.05) is 11.0 Å². The van der Waals surface area contributed by atoms with Crippen LogP contribution in [-0.2, 0) is 4.74 Å². The highest BCUT2D eigenvalue weighted by atomic mass is 127. The molecule has 1 heterocycles. The molecular weight excluding hydrogens is 259 g/mol. The van der Waals surface area contributed by atoms with E-state index in [0.29, 0.717) is 0 Å². The first kappa shape index (κ1) is 9.70. The van der Waals surface area contributed by atoms with Crippen LogP contribution in [0.5, 0.6) is 0 Å². The minimum Gasteiger partial charge on any atom is -0.394 e. The average Bonchev–Trinajstić information content (AvgIpc) is 2.50. The van der Waals surface area contributed by atoms with Crippen LogP contribution in [0.2, 0.25) is 0 Å². The quantitative estimate of drug-likeness (QED) is 0.574. The molecule has 1 aliphatic rings. The van der Waals surface area contributed by atoms with Gasteiger partial charge in [-0.25, -0.2) is 0 Å². The zero-order chi connectivity index (χ0) is 8.27. The summed E-state index contributed by atoms with van der Waals surface area (Å²) in [4.78, 5) is 0. The number of hydrogen-bond donors (Lipinski definition) is 2. The molecule has 1 rings (SSSR count). The molecule has 2 N–H and O–H groups in total. The summed E-state index contributed by atoms with van der Waals surface area (Å²) in [6.07, 6.45) is 1.32. The second-order valence-electron chi connectivity index (χ2n) is 2.78. The molecule has 0 aliphatic carbocycles. The Hall–Kier alpha value is 0.610. The van der Waals surface area contributed by atoms with Crippen LogP contribution in [0.3, 0.4) is 0 Å². The van der Waals surface area contributed by atoms with E-state index in [1.54, 1.807) is 0 Å². The summed E-state index contributed by atoms with van der Waals surface area (Å²) < 4.78 is 6.41. The fourth-order valence-corrected chi connectivity index (χ4v) is 1.90. The third kappa shape index (κ3) is 2.54. The molecule has 0 radical (unpaired) electrons. The molecule has 3 atom stereocenters. The molecule has 0 amide bonds. The molecule has 3 nitrogen and oxygen atoms in total. The number of aliphatic hydroxyl groups is 2. The third-order valence-electron chi connectivity index (χ3n) is 1.93. The Bertz CT molecular complexity index is 120. The minimum atomic E-state index is -0.692. The highest BCUT2D eigenvalue weighted by molar-refractivity contribution is 14.1. The van der Waals surface area contributed by atoms with E-state index in [0.717, 1.165) is 17.3 Å². The normalized spacial score (nSPS) is 34.1. The van der Waals surface area contributed by atoms with Crippen LogP contribution < -0.4 is 0 Å². The van der Waals surface area contributed by atoms with Gasteiger partial charge in [0, 0.05) is 4.43 Å². The molecular formula is C7H13IO3. The van der Waals surface area contributed by atoms with Gasteiger partial charge in [0.05, 0.1) is 18.8 Å². The lowest BCUT2D eigenvalue weighted by Gasteiger charge is -2.15. The van der Waals surface area contributed by atoms with Crippen LogP contribution in [0, 0.1) is 0 Å². The Morgan fingerprint density at radius 3 is 2.73 bits per heavy atom. The van der Waals surface area contributed by atoms with Crippen molar-refractivity contribution in [3.63, 3.8) is 0 Å². The predicted molar refractivity (Wildman–Crippen MR) is 49.9 cm³/mol. The second-order valence-corrected chi connectivity index (χ2v) is 3.66. The maximum absolute atomic E-state index is 9.19. The lowest BCUT2D eigenvalue weighted by Crippen LogP contribution is -2.29. The van der Waals surface area contributed by atoms with E-state index in [9.17, 15) is 5.11 Å². The Morgan fingerprint density at radius 1 is 1.55 bits per heavy atom. The lowest BCUT2D eigenvalue weighted by atomic mass is 10.1. The summed E-state index contributed by atoms with van der Waals surface area (Å²) in [5.41, 5.74) is 0. The summed E-state index contributed by atoms with van der Waals surface area (Å²) in [5, 5.41) is 17.8. The third-order valence-corrected chi connectivity index (χ3v) is 2.91. The Morgan fingerprint density at radius 2 is 2.27 bits per heavy atom. The predicted octanol–water partition coefficient (Wildman–Crippen LogP) is 0.322. The molecule has 0 aromatic rings. The van der Waals surface area contributed by atoms with Gasteiger partial charge in [0.1, 0.15) is 6.10 Å². The molecule has 66 valence electrons. The van der Waals surface area contributed by atoms with Crippen molar-refractivity contribution in [1.29, 1.82) is 0 Å². The van der Waals surface area contributed by atoms with Crippen molar-refractivity contribution in [3.05, 3.63) is 0 Å². The van der Waals surface area contributed by atoms with Crippen molar-refractivity contribution < 1.29 is 14.9 Å². The number of alkyl halides is 1. The van der Waals surface area contributed by atoms with Crippen LogP contribution in [-0.4, -0.2) is 39.6 Å². The molecule has 0 saturated carbocycles. The van der Waals surface area contributed by atoms with E-state index in [1.165, 1.54) is 0 Å². The fraction of sp³-hybridized carbons (Fsp3) is 1.00. The van der Waals surface area contributed by atoms with Gasteiger partial charge in [0.2, 0.25) is 0 Å². The van der Waals surface area contributed by atoms with E-state index in [1.807, 2.05) is 0 Å². The largest absolute Gasteiger partial charge is 0.394 e. The van der Waals surface area contributed by atoms with E-state index in [-0.39, 0.29) is 18.8 Å². The van der Waals surface area contributed by atoms with Crippen LogP contribution in [0.15, 0.2) is 0 Å². The van der Waals surface area contributed by atoms with Gasteiger partial charge < -0.3 is 14.9 Å². The average molecular weight is 272 g/mol. The van der Waals surface area contributed by atoms with E-state index in [4.69, 9.17) is 9.84 Å². The molecule has 0 unspecified atom stereocenters. The Balaban J connectivity index is 2.29. The summed E-state index contributed by atoms with van der Waals surface area (Å²) in [6, 6.07) is 0. The maximum Gasteiger partial charge on any atom is 0.103 e. The smallest absolute Gasteiger partial charge is 0.103 e. The molecule has 0 bridgehead atoms. The summed E-state index contributed by atoms with van der Waals surface area (Å²) in [5.74, 6) is 0. The minimum absolute atomic E-state index is 0.139. The first-order valence-electron chi connectivity index (χ1n) is 3.78. The number of rotatable bonds is 3. The van der Waals surface area contributed by atoms with E-state index < -0.39 is 6.10 Å². The van der Waals surface area contributed by atoms with Gasteiger partial charge in [0.15, 0.2) is 0 Å². The van der Waals surface area contributed by atoms with Crippen molar-refractivity contribution in [1.82, 2.24) is 0 Å². The zero-order valence-electron chi connectivity index (χ0n) is 6.24. The first-order chi connectivity index (χ1) is 5.27. The number of hydrogen-bond acceptors (Lipinski definition) is 3. The number of aliphatic hydroxyl groups excluding tert-OH is 2. The first-order valence-corrected chi connectivity index (χ1v) is 5.31. The van der Waals surface area contributed by atoms with Crippen molar-refractivity contribution in [2.45, 2.75) is 31.2 Å². The van der Waals surface area contributed by atoms with Gasteiger partial charge in [-0.1, -0.05) is 22.6 Å². The van der Waals surface area contributed by atoms with Gasteiger partial charge in [-0.05, 0) is 12.8 Å². The van der Waals surface area contributed by atoms with E-state index in [2.05, 4.69) is 22.6 Å². The number of ether oxygens (including phenoxy) is 1. The molecule has 4 heteroatoms. The topological polar surface area (TPSA) is 49.7 Å². The molecule has 11 heavy (non-hydrogen) atoms. The van der Waals surface area contributed by atoms with Crippen LogP contribution >= 0.6 is 22.6 Å². The van der Waals surface area contributed by atoms with Crippen LogP contribution in [0.1, 0.15) is 12.8 Å². The molecule has 0 spiro atoms.